The van der Waals surface area contributed by atoms with Crippen LogP contribution in [0.25, 0.3) is 16.7 Å². The molecule has 1 N–H and O–H groups in total. The van der Waals surface area contributed by atoms with Crippen molar-refractivity contribution in [1.82, 2.24) is 9.38 Å². The van der Waals surface area contributed by atoms with Gasteiger partial charge in [0.1, 0.15) is 11.9 Å². The van der Waals surface area contributed by atoms with E-state index in [9.17, 15) is 5.26 Å². The van der Waals surface area contributed by atoms with Gasteiger partial charge in [-0.15, -0.1) is 6.58 Å². The lowest BCUT2D eigenvalue weighted by Crippen LogP contribution is -2.16. The topological polar surface area (TPSA) is 53.1 Å². The van der Waals surface area contributed by atoms with Crippen LogP contribution in [0.2, 0.25) is 0 Å². The monoisotopic (exact) mass is 304 g/mol. The SMILES string of the molecule is C=CCc1c(C)c(C#N)c2nc3ccccc3n2c1NC(C)C. The Morgan fingerprint density at radius 3 is 2.78 bits per heavy atom. The third kappa shape index (κ3) is 2.35. The first-order valence-corrected chi connectivity index (χ1v) is 7.78. The first-order chi connectivity index (χ1) is 11.1. The number of nitrogens with one attached hydrogen (secondary N) is 1. The molecule has 1 aromatic carbocycles. The van der Waals surface area contributed by atoms with Gasteiger partial charge in [-0.1, -0.05) is 18.2 Å². The summed E-state index contributed by atoms with van der Waals surface area (Å²) in [4.78, 5) is 4.69. The van der Waals surface area contributed by atoms with Crippen LogP contribution in [0.5, 0.6) is 0 Å². The number of fused-ring (bicyclic) bond motifs is 3. The third-order valence-electron chi connectivity index (χ3n) is 4.01. The number of anilines is 1. The molecular formula is C19H20N4. The fourth-order valence-corrected chi connectivity index (χ4v) is 3.00. The van der Waals surface area contributed by atoms with Crippen molar-refractivity contribution in [1.29, 1.82) is 5.26 Å². The maximum Gasteiger partial charge on any atom is 0.157 e. The van der Waals surface area contributed by atoms with Gasteiger partial charge in [-0.3, -0.25) is 4.40 Å². The zero-order valence-corrected chi connectivity index (χ0v) is 13.7. The van der Waals surface area contributed by atoms with Gasteiger partial charge < -0.3 is 5.32 Å². The molecule has 0 spiro atoms. The third-order valence-corrected chi connectivity index (χ3v) is 4.01. The van der Waals surface area contributed by atoms with Gasteiger partial charge in [-0.2, -0.15) is 5.26 Å². The van der Waals surface area contributed by atoms with Gasteiger partial charge in [0.05, 0.1) is 16.6 Å². The Bertz CT molecular complexity index is 942. The van der Waals surface area contributed by atoms with E-state index in [0.717, 1.165) is 28.0 Å². The number of benzene rings is 1. The van der Waals surface area contributed by atoms with E-state index in [4.69, 9.17) is 4.98 Å². The van der Waals surface area contributed by atoms with Crippen molar-refractivity contribution in [3.8, 4) is 6.07 Å². The second kappa shape index (κ2) is 5.77. The van der Waals surface area contributed by atoms with Crippen LogP contribution in [0.3, 0.4) is 0 Å². The summed E-state index contributed by atoms with van der Waals surface area (Å²) >= 11 is 0. The van der Waals surface area contributed by atoms with E-state index in [1.54, 1.807) is 0 Å². The molecule has 2 aromatic heterocycles. The van der Waals surface area contributed by atoms with Crippen molar-refractivity contribution >= 4 is 22.5 Å². The molecule has 3 aromatic rings. The molecule has 0 unspecified atom stereocenters. The number of allylic oxidation sites excluding steroid dienone is 1. The maximum atomic E-state index is 9.66. The first kappa shape index (κ1) is 15.1. The number of hydrogen-bond acceptors (Lipinski definition) is 3. The minimum Gasteiger partial charge on any atom is -0.369 e. The lowest BCUT2D eigenvalue weighted by molar-refractivity contribution is 0.877. The Morgan fingerprint density at radius 2 is 2.13 bits per heavy atom. The predicted molar refractivity (Wildman–Crippen MR) is 94.8 cm³/mol. The second-order valence-electron chi connectivity index (χ2n) is 5.99. The number of imidazole rings is 1. The Balaban J connectivity index is 2.54. The van der Waals surface area contributed by atoms with Gasteiger partial charge in [-0.25, -0.2) is 4.98 Å². The van der Waals surface area contributed by atoms with E-state index >= 15 is 0 Å². The highest BCUT2D eigenvalue weighted by Gasteiger charge is 2.20. The largest absolute Gasteiger partial charge is 0.369 e. The molecule has 4 nitrogen and oxygen atoms in total. The number of rotatable bonds is 4. The molecule has 0 atom stereocenters. The van der Waals surface area contributed by atoms with E-state index in [-0.39, 0.29) is 6.04 Å². The molecule has 0 radical (unpaired) electrons. The zero-order valence-electron chi connectivity index (χ0n) is 13.7. The molecule has 0 aliphatic carbocycles. The van der Waals surface area contributed by atoms with E-state index in [2.05, 4.69) is 36.2 Å². The average molecular weight is 304 g/mol. The molecule has 23 heavy (non-hydrogen) atoms. The van der Waals surface area contributed by atoms with Crippen molar-refractivity contribution in [3.05, 3.63) is 53.6 Å². The van der Waals surface area contributed by atoms with Gasteiger partial charge in [0.25, 0.3) is 0 Å². The van der Waals surface area contributed by atoms with Gasteiger partial charge in [0, 0.05) is 11.6 Å². The quantitative estimate of drug-likeness (QED) is 0.734. The van der Waals surface area contributed by atoms with Crippen LogP contribution in [0.1, 0.15) is 30.5 Å². The van der Waals surface area contributed by atoms with E-state index in [1.165, 1.54) is 0 Å². The van der Waals surface area contributed by atoms with E-state index in [1.807, 2.05) is 37.3 Å². The molecule has 0 aliphatic rings. The first-order valence-electron chi connectivity index (χ1n) is 7.78. The van der Waals surface area contributed by atoms with Crippen LogP contribution in [0, 0.1) is 18.3 Å². The van der Waals surface area contributed by atoms with Gasteiger partial charge >= 0.3 is 0 Å². The van der Waals surface area contributed by atoms with Gasteiger partial charge in [0.2, 0.25) is 0 Å². The molecule has 2 heterocycles. The molecule has 0 saturated heterocycles. The molecule has 3 rings (SSSR count). The fraction of sp³-hybridized carbons (Fsp3) is 0.263. The summed E-state index contributed by atoms with van der Waals surface area (Å²) in [6, 6.07) is 10.6. The summed E-state index contributed by atoms with van der Waals surface area (Å²) in [5.41, 5.74) is 5.31. The number of nitrogens with zero attached hydrogens (tertiary/aromatic N) is 3. The zero-order chi connectivity index (χ0) is 16.6. The van der Waals surface area contributed by atoms with E-state index < -0.39 is 0 Å². The molecule has 0 fully saturated rings. The lowest BCUT2D eigenvalue weighted by atomic mass is 10.0. The van der Waals surface area contributed by atoms with E-state index in [0.29, 0.717) is 17.6 Å². The Morgan fingerprint density at radius 1 is 1.39 bits per heavy atom. The molecule has 116 valence electrons. The van der Waals surface area contributed by atoms with Gasteiger partial charge in [-0.05, 0) is 44.9 Å². The number of hydrogen-bond donors (Lipinski definition) is 1. The number of aromatic nitrogens is 2. The minimum absolute atomic E-state index is 0.273. The molecule has 0 bridgehead atoms. The summed E-state index contributed by atoms with van der Waals surface area (Å²) in [7, 11) is 0. The normalized spacial score (nSPS) is 11.1. The van der Waals surface area contributed by atoms with Crippen molar-refractivity contribution in [2.24, 2.45) is 0 Å². The van der Waals surface area contributed by atoms with Gasteiger partial charge in [0.15, 0.2) is 5.65 Å². The molecule has 0 aliphatic heterocycles. The molecule has 0 saturated carbocycles. The molecular weight excluding hydrogens is 284 g/mol. The molecule has 4 heteroatoms. The average Bonchev–Trinajstić information content (AvgIpc) is 2.89. The highest BCUT2D eigenvalue weighted by Crippen LogP contribution is 2.31. The summed E-state index contributed by atoms with van der Waals surface area (Å²) in [5, 5.41) is 13.2. The summed E-state index contributed by atoms with van der Waals surface area (Å²) in [6.07, 6.45) is 2.58. The predicted octanol–water partition coefficient (Wildman–Crippen LogP) is 4.22. The number of para-hydroxylation sites is 2. The van der Waals surface area contributed by atoms with Crippen LogP contribution in [0.15, 0.2) is 36.9 Å². The summed E-state index contributed by atoms with van der Waals surface area (Å²) in [5.74, 6) is 1.00. The van der Waals surface area contributed by atoms with Crippen molar-refractivity contribution in [3.63, 3.8) is 0 Å². The van der Waals surface area contributed by atoms with Crippen LogP contribution < -0.4 is 5.32 Å². The van der Waals surface area contributed by atoms with Crippen molar-refractivity contribution in [2.45, 2.75) is 33.2 Å². The summed E-state index contributed by atoms with van der Waals surface area (Å²) in [6.45, 7) is 10.1. The second-order valence-corrected chi connectivity index (χ2v) is 5.99. The molecule has 0 amide bonds. The van der Waals surface area contributed by atoms with Crippen LogP contribution in [0.4, 0.5) is 5.82 Å². The Labute approximate surface area is 136 Å². The van der Waals surface area contributed by atoms with Crippen molar-refractivity contribution < 1.29 is 0 Å². The number of nitriles is 1. The lowest BCUT2D eigenvalue weighted by Gasteiger charge is -2.20. The summed E-state index contributed by atoms with van der Waals surface area (Å²) < 4.78 is 2.07. The standard InChI is InChI=1S/C19H20N4/c1-5-8-14-13(4)15(11-20)19-22-16-9-6-7-10-17(16)23(19)18(14)21-12(2)3/h5-7,9-10,12,21H,1,8H2,2-4H3. The fourth-order valence-electron chi connectivity index (χ4n) is 3.00. The van der Waals surface area contributed by atoms with Crippen molar-refractivity contribution in [2.75, 3.05) is 5.32 Å². The minimum atomic E-state index is 0.273. The highest BCUT2D eigenvalue weighted by atomic mass is 15.1. The van der Waals surface area contributed by atoms with Crippen LogP contribution >= 0.6 is 0 Å². The highest BCUT2D eigenvalue weighted by molar-refractivity contribution is 5.86. The van der Waals surface area contributed by atoms with Crippen LogP contribution in [-0.4, -0.2) is 15.4 Å². The Hall–Kier alpha value is -2.80. The maximum absolute atomic E-state index is 9.66. The number of pyridine rings is 1. The Kier molecular flexibility index (Phi) is 3.79. The smallest absolute Gasteiger partial charge is 0.157 e. The van der Waals surface area contributed by atoms with Crippen LogP contribution in [-0.2, 0) is 6.42 Å².